The zero-order chi connectivity index (χ0) is 24.0. The van der Waals surface area contributed by atoms with Crippen LogP contribution in [0.3, 0.4) is 0 Å². The van der Waals surface area contributed by atoms with Crippen LogP contribution in [0.15, 0.2) is 36.5 Å². The van der Waals surface area contributed by atoms with Gasteiger partial charge in [0, 0.05) is 36.9 Å². The maximum absolute atomic E-state index is 14.1. The molecule has 3 atom stereocenters. The smallest absolute Gasteiger partial charge is 0.371 e. The molecule has 5 fully saturated rings. The van der Waals surface area contributed by atoms with E-state index in [2.05, 4.69) is 15.3 Å². The van der Waals surface area contributed by atoms with Crippen LogP contribution in [0.5, 0.6) is 0 Å². The first kappa shape index (κ1) is 25.7. The first-order valence-corrected chi connectivity index (χ1v) is 13.0. The van der Waals surface area contributed by atoms with Gasteiger partial charge < -0.3 is 10.1 Å². The molecule has 9 heteroatoms. The van der Waals surface area contributed by atoms with Crippen LogP contribution in [0.1, 0.15) is 67.9 Å². The third-order valence-corrected chi connectivity index (χ3v) is 8.62. The highest BCUT2D eigenvalue weighted by atomic mass is 35.5. The predicted octanol–water partition coefficient (Wildman–Crippen LogP) is 6.26. The maximum atomic E-state index is 14.1. The standard InChI is InChI=1S/C27H33F3N4O.ClH/c28-27(29,30)24-22(16-34-8-9-35-23(17-34)21-4-2-1-3-5-21)15-31-25(32-24)33-26-7-6-18-10-19(13-26)12-20(11-18)14-26;/h1-5,15,18-20,23H,6-14,16-17H2,(H,31,32,33);1H. The van der Waals surface area contributed by atoms with Crippen LogP contribution in [-0.4, -0.2) is 40.1 Å². The zero-order valence-corrected chi connectivity index (χ0v) is 21.2. The van der Waals surface area contributed by atoms with E-state index in [4.69, 9.17) is 4.74 Å². The van der Waals surface area contributed by atoms with Gasteiger partial charge in [0.15, 0.2) is 5.69 Å². The summed E-state index contributed by atoms with van der Waals surface area (Å²) >= 11 is 0. The minimum Gasteiger partial charge on any atom is -0.371 e. The molecule has 1 aromatic carbocycles. The molecule has 1 aliphatic heterocycles. The molecule has 1 N–H and O–H groups in total. The molecule has 1 saturated heterocycles. The molecular formula is C27H34ClF3N4O. The van der Waals surface area contributed by atoms with Crippen LogP contribution in [0, 0.1) is 17.8 Å². The van der Waals surface area contributed by atoms with Crippen molar-refractivity contribution in [3.8, 4) is 0 Å². The summed E-state index contributed by atoms with van der Waals surface area (Å²) in [4.78, 5) is 10.5. The fourth-order valence-electron chi connectivity index (χ4n) is 7.33. The lowest BCUT2D eigenvalue weighted by Gasteiger charge is -2.45. The van der Waals surface area contributed by atoms with Crippen LogP contribution < -0.4 is 5.32 Å². The Balaban J connectivity index is 0.00000267. The second kappa shape index (κ2) is 10.1. The van der Waals surface area contributed by atoms with Gasteiger partial charge in [0.2, 0.25) is 5.95 Å². The van der Waals surface area contributed by atoms with E-state index in [1.165, 1.54) is 25.5 Å². The van der Waals surface area contributed by atoms with Gasteiger partial charge in [0.25, 0.3) is 0 Å². The van der Waals surface area contributed by atoms with Crippen molar-refractivity contribution in [1.82, 2.24) is 14.9 Å². The molecule has 0 spiro atoms. The Hall–Kier alpha value is -1.90. The van der Waals surface area contributed by atoms with Crippen molar-refractivity contribution < 1.29 is 17.9 Å². The van der Waals surface area contributed by atoms with E-state index in [0.717, 1.165) is 37.2 Å². The number of aromatic nitrogens is 2. The summed E-state index contributed by atoms with van der Waals surface area (Å²) in [6.07, 6.45) is 4.75. The Morgan fingerprint density at radius 2 is 1.78 bits per heavy atom. The number of rotatable bonds is 5. The third kappa shape index (κ3) is 5.36. The number of alkyl halides is 3. The number of halogens is 4. The van der Waals surface area contributed by atoms with Crippen molar-refractivity contribution in [1.29, 1.82) is 0 Å². The van der Waals surface area contributed by atoms with Crippen molar-refractivity contribution in [3.05, 3.63) is 53.3 Å². The van der Waals surface area contributed by atoms with E-state index in [9.17, 15) is 13.2 Å². The zero-order valence-electron chi connectivity index (χ0n) is 20.3. The Kier molecular flexibility index (Phi) is 7.22. The summed E-state index contributed by atoms with van der Waals surface area (Å²) in [5, 5.41) is 3.44. The van der Waals surface area contributed by atoms with Gasteiger partial charge in [-0.3, -0.25) is 4.90 Å². The van der Waals surface area contributed by atoms with E-state index in [-0.39, 0.29) is 42.1 Å². The van der Waals surface area contributed by atoms with Crippen molar-refractivity contribution in [3.63, 3.8) is 0 Å². The molecule has 1 aromatic heterocycles. The lowest BCUT2D eigenvalue weighted by molar-refractivity contribution is -0.142. The lowest BCUT2D eigenvalue weighted by atomic mass is 9.65. The molecule has 0 radical (unpaired) electrons. The highest BCUT2D eigenvalue weighted by molar-refractivity contribution is 5.85. The molecule has 7 rings (SSSR count). The average molecular weight is 523 g/mol. The SMILES string of the molecule is Cl.FC(F)(F)c1nc(NC23CCC4CC(CC(C4)C2)C3)ncc1CN1CCOC(c2ccccc2)C1. The Bertz CT molecular complexity index is 1040. The molecule has 36 heavy (non-hydrogen) atoms. The van der Waals surface area contributed by atoms with E-state index < -0.39 is 11.9 Å². The molecule has 2 heterocycles. The van der Waals surface area contributed by atoms with Crippen LogP contribution in [0.2, 0.25) is 0 Å². The Morgan fingerprint density at radius 1 is 1.06 bits per heavy atom. The molecule has 2 aromatic rings. The minimum atomic E-state index is -4.53. The Labute approximate surface area is 216 Å². The van der Waals surface area contributed by atoms with Crippen LogP contribution in [0.25, 0.3) is 0 Å². The first-order valence-electron chi connectivity index (χ1n) is 13.0. The fourth-order valence-corrected chi connectivity index (χ4v) is 7.33. The van der Waals surface area contributed by atoms with Gasteiger partial charge in [0.1, 0.15) is 0 Å². The molecule has 4 bridgehead atoms. The van der Waals surface area contributed by atoms with Crippen molar-refractivity contribution in [2.24, 2.45) is 17.8 Å². The number of fused-ring (bicyclic) bond motifs is 1. The topological polar surface area (TPSA) is 50.3 Å². The van der Waals surface area contributed by atoms with Crippen LogP contribution >= 0.6 is 12.4 Å². The number of hydrogen-bond acceptors (Lipinski definition) is 5. The molecule has 5 aliphatic rings. The number of nitrogens with zero attached hydrogens (tertiary/aromatic N) is 3. The molecule has 0 amide bonds. The second-order valence-corrected chi connectivity index (χ2v) is 11.2. The van der Waals surface area contributed by atoms with Crippen LogP contribution in [-0.2, 0) is 17.5 Å². The first-order chi connectivity index (χ1) is 16.9. The number of benzene rings is 1. The highest BCUT2D eigenvalue weighted by Crippen LogP contribution is 2.53. The third-order valence-electron chi connectivity index (χ3n) is 8.62. The van der Waals surface area contributed by atoms with E-state index in [1.54, 1.807) is 0 Å². The van der Waals surface area contributed by atoms with Crippen molar-refractivity contribution >= 4 is 18.4 Å². The van der Waals surface area contributed by atoms with E-state index >= 15 is 0 Å². The molecule has 4 aliphatic carbocycles. The number of nitrogens with one attached hydrogen (secondary N) is 1. The van der Waals surface area contributed by atoms with Gasteiger partial charge in [-0.15, -0.1) is 12.4 Å². The quantitative estimate of drug-likeness (QED) is 0.502. The van der Waals surface area contributed by atoms with Crippen molar-refractivity contribution in [2.75, 3.05) is 25.0 Å². The Morgan fingerprint density at radius 3 is 2.50 bits per heavy atom. The van der Waals surface area contributed by atoms with E-state index in [0.29, 0.717) is 31.5 Å². The number of anilines is 1. The maximum Gasteiger partial charge on any atom is 0.433 e. The summed E-state index contributed by atoms with van der Waals surface area (Å²) < 4.78 is 48.3. The lowest BCUT2D eigenvalue weighted by Crippen LogP contribution is -2.45. The molecule has 5 nitrogen and oxygen atoms in total. The van der Waals surface area contributed by atoms with Gasteiger partial charge in [-0.05, 0) is 68.3 Å². The fraction of sp³-hybridized carbons (Fsp3) is 0.630. The van der Waals surface area contributed by atoms with Crippen LogP contribution in [0.4, 0.5) is 19.1 Å². The molecular weight excluding hydrogens is 489 g/mol. The summed E-state index contributed by atoms with van der Waals surface area (Å²) in [6.45, 7) is 1.74. The summed E-state index contributed by atoms with van der Waals surface area (Å²) in [6, 6.07) is 9.82. The average Bonchev–Trinajstić information content (AvgIpc) is 3.03. The number of morpholine rings is 1. The summed E-state index contributed by atoms with van der Waals surface area (Å²) in [7, 11) is 0. The monoisotopic (exact) mass is 522 g/mol. The van der Waals surface area contributed by atoms with Gasteiger partial charge in [-0.1, -0.05) is 30.3 Å². The second-order valence-electron chi connectivity index (χ2n) is 11.2. The van der Waals surface area contributed by atoms with Gasteiger partial charge in [0.05, 0.1) is 12.7 Å². The van der Waals surface area contributed by atoms with Crippen molar-refractivity contribution in [2.45, 2.75) is 69.3 Å². The number of hydrogen-bond donors (Lipinski definition) is 1. The minimum absolute atomic E-state index is 0. The largest absolute Gasteiger partial charge is 0.433 e. The highest BCUT2D eigenvalue weighted by Gasteiger charge is 2.48. The number of ether oxygens (including phenoxy) is 1. The van der Waals surface area contributed by atoms with Gasteiger partial charge in [-0.25, -0.2) is 9.97 Å². The summed E-state index contributed by atoms with van der Waals surface area (Å²) in [5.74, 6) is 2.28. The molecule has 196 valence electrons. The van der Waals surface area contributed by atoms with Gasteiger partial charge in [-0.2, -0.15) is 13.2 Å². The predicted molar refractivity (Wildman–Crippen MR) is 134 cm³/mol. The normalized spacial score (nSPS) is 32.1. The van der Waals surface area contributed by atoms with Gasteiger partial charge >= 0.3 is 6.18 Å². The molecule has 4 saturated carbocycles. The summed E-state index contributed by atoms with van der Waals surface area (Å²) in [5.41, 5.74) is 0.185. The molecule has 3 unspecified atom stereocenters. The van der Waals surface area contributed by atoms with E-state index in [1.807, 2.05) is 35.2 Å².